The summed E-state index contributed by atoms with van der Waals surface area (Å²) in [5.41, 5.74) is 7.90. The Hall–Kier alpha value is -2.25. The van der Waals surface area contributed by atoms with Gasteiger partial charge in [-0.05, 0) is 45.9 Å². The van der Waals surface area contributed by atoms with E-state index in [9.17, 15) is 4.79 Å². The molecule has 1 atom stereocenters. The SMILES string of the molecule is Cc1ccc(-c2cc(C(=O)N(C)C(C)CN)c3cnn(C(C)C)c3n2)s1. The number of rotatable bonds is 5. The largest absolute Gasteiger partial charge is 0.338 e. The molecule has 0 saturated heterocycles. The molecular weight excluding hydrogens is 346 g/mol. The quantitative estimate of drug-likeness (QED) is 0.745. The van der Waals surface area contributed by atoms with Crippen LogP contribution in [-0.2, 0) is 0 Å². The Labute approximate surface area is 157 Å². The zero-order chi connectivity index (χ0) is 19.0. The molecule has 1 unspecified atom stereocenters. The van der Waals surface area contributed by atoms with Gasteiger partial charge in [0.05, 0.1) is 27.7 Å². The van der Waals surface area contributed by atoms with Crippen LogP contribution in [0.2, 0.25) is 0 Å². The normalized spacial score (nSPS) is 12.7. The van der Waals surface area contributed by atoms with Gasteiger partial charge < -0.3 is 10.6 Å². The second kappa shape index (κ2) is 7.17. The Morgan fingerprint density at radius 3 is 2.65 bits per heavy atom. The van der Waals surface area contributed by atoms with E-state index >= 15 is 0 Å². The standard InChI is InChI=1S/C19H25N5OS/c1-11(2)24-18-15(10-21-24)14(19(25)23(5)12(3)9-20)8-16(22-18)17-7-6-13(4)26-17/h6-8,10-12H,9,20H2,1-5H3. The van der Waals surface area contributed by atoms with E-state index in [-0.39, 0.29) is 18.0 Å². The minimum atomic E-state index is -0.0619. The molecule has 138 valence electrons. The Balaban J connectivity index is 2.22. The van der Waals surface area contributed by atoms with E-state index < -0.39 is 0 Å². The summed E-state index contributed by atoms with van der Waals surface area (Å²) in [6.45, 7) is 8.53. The number of carbonyl (C=O) groups is 1. The molecule has 0 aromatic carbocycles. The topological polar surface area (TPSA) is 77.0 Å². The van der Waals surface area contributed by atoms with Crippen molar-refractivity contribution in [2.45, 2.75) is 39.8 Å². The summed E-state index contributed by atoms with van der Waals surface area (Å²) in [6.07, 6.45) is 1.74. The minimum absolute atomic E-state index is 0.0432. The van der Waals surface area contributed by atoms with Gasteiger partial charge in [-0.15, -0.1) is 11.3 Å². The fourth-order valence-electron chi connectivity index (χ4n) is 2.82. The summed E-state index contributed by atoms with van der Waals surface area (Å²) >= 11 is 1.67. The van der Waals surface area contributed by atoms with Gasteiger partial charge in [-0.25, -0.2) is 9.67 Å². The molecule has 0 aliphatic heterocycles. The number of pyridine rings is 1. The number of hydrogen-bond acceptors (Lipinski definition) is 5. The lowest BCUT2D eigenvalue weighted by Crippen LogP contribution is -2.39. The van der Waals surface area contributed by atoms with Gasteiger partial charge in [0.25, 0.3) is 5.91 Å². The summed E-state index contributed by atoms with van der Waals surface area (Å²) in [5.74, 6) is -0.0619. The smallest absolute Gasteiger partial charge is 0.254 e. The molecule has 0 aliphatic rings. The maximum atomic E-state index is 13.1. The van der Waals surface area contributed by atoms with Gasteiger partial charge in [0.2, 0.25) is 0 Å². The number of likely N-dealkylation sites (N-methyl/N-ethyl adjacent to an activating group) is 1. The van der Waals surface area contributed by atoms with Crippen LogP contribution in [0.25, 0.3) is 21.6 Å². The Morgan fingerprint density at radius 2 is 2.08 bits per heavy atom. The highest BCUT2D eigenvalue weighted by Gasteiger charge is 2.23. The molecule has 26 heavy (non-hydrogen) atoms. The first kappa shape index (κ1) is 18.5. The van der Waals surface area contributed by atoms with Gasteiger partial charge in [-0.2, -0.15) is 5.10 Å². The minimum Gasteiger partial charge on any atom is -0.338 e. The molecule has 0 radical (unpaired) electrons. The molecule has 6 nitrogen and oxygen atoms in total. The van der Waals surface area contributed by atoms with Crippen LogP contribution in [0.5, 0.6) is 0 Å². The summed E-state index contributed by atoms with van der Waals surface area (Å²) < 4.78 is 1.86. The number of thiophene rings is 1. The van der Waals surface area contributed by atoms with Crippen molar-refractivity contribution in [2.24, 2.45) is 5.73 Å². The average molecular weight is 372 g/mol. The Kier molecular flexibility index (Phi) is 5.11. The summed E-state index contributed by atoms with van der Waals surface area (Å²) in [7, 11) is 1.79. The van der Waals surface area contributed by atoms with Gasteiger partial charge in [-0.1, -0.05) is 0 Å². The Bertz CT molecular complexity index is 943. The Morgan fingerprint density at radius 1 is 1.35 bits per heavy atom. The third-order valence-corrected chi connectivity index (χ3v) is 5.62. The lowest BCUT2D eigenvalue weighted by Gasteiger charge is -2.24. The van der Waals surface area contributed by atoms with Crippen molar-refractivity contribution in [3.05, 3.63) is 34.8 Å². The van der Waals surface area contributed by atoms with E-state index in [1.807, 2.05) is 23.7 Å². The molecule has 0 spiro atoms. The number of nitrogens with zero attached hydrogens (tertiary/aromatic N) is 4. The van der Waals surface area contributed by atoms with Gasteiger partial charge in [-0.3, -0.25) is 4.79 Å². The van der Waals surface area contributed by atoms with Gasteiger partial charge >= 0.3 is 0 Å². The summed E-state index contributed by atoms with van der Waals surface area (Å²) in [6, 6.07) is 6.10. The average Bonchev–Trinajstić information content (AvgIpc) is 3.24. The lowest BCUT2D eigenvalue weighted by atomic mass is 10.1. The van der Waals surface area contributed by atoms with Crippen molar-refractivity contribution < 1.29 is 4.79 Å². The van der Waals surface area contributed by atoms with Crippen molar-refractivity contribution >= 4 is 28.3 Å². The van der Waals surface area contributed by atoms with Gasteiger partial charge in [0, 0.05) is 30.6 Å². The molecular formula is C19H25N5OS. The first-order valence-corrected chi connectivity index (χ1v) is 9.57. The summed E-state index contributed by atoms with van der Waals surface area (Å²) in [4.78, 5) is 21.9. The zero-order valence-corrected chi connectivity index (χ0v) is 16.7. The van der Waals surface area contributed by atoms with E-state index in [2.05, 4.69) is 31.9 Å². The van der Waals surface area contributed by atoms with Gasteiger partial charge in [0.15, 0.2) is 5.65 Å². The van der Waals surface area contributed by atoms with Crippen molar-refractivity contribution in [2.75, 3.05) is 13.6 Å². The maximum absolute atomic E-state index is 13.1. The van der Waals surface area contributed by atoms with E-state index in [1.54, 1.807) is 29.5 Å². The molecule has 3 heterocycles. The van der Waals surface area contributed by atoms with E-state index in [4.69, 9.17) is 10.7 Å². The van der Waals surface area contributed by atoms with E-state index in [0.717, 1.165) is 21.6 Å². The van der Waals surface area contributed by atoms with Crippen LogP contribution in [0.15, 0.2) is 24.4 Å². The van der Waals surface area contributed by atoms with Crippen LogP contribution < -0.4 is 5.73 Å². The third kappa shape index (κ3) is 3.24. The molecule has 0 aliphatic carbocycles. The van der Waals surface area contributed by atoms with Crippen LogP contribution in [0.4, 0.5) is 0 Å². The van der Waals surface area contributed by atoms with E-state index in [0.29, 0.717) is 12.1 Å². The van der Waals surface area contributed by atoms with Crippen molar-refractivity contribution in [1.82, 2.24) is 19.7 Å². The first-order valence-electron chi connectivity index (χ1n) is 8.75. The maximum Gasteiger partial charge on any atom is 0.254 e. The number of aryl methyl sites for hydroxylation is 1. The van der Waals surface area contributed by atoms with Crippen LogP contribution in [0.1, 0.15) is 42.0 Å². The van der Waals surface area contributed by atoms with Crippen molar-refractivity contribution in [3.63, 3.8) is 0 Å². The van der Waals surface area contributed by atoms with E-state index in [1.165, 1.54) is 4.88 Å². The number of carbonyl (C=O) groups excluding carboxylic acids is 1. The molecule has 0 bridgehead atoms. The predicted octanol–water partition coefficient (Wildman–Crippen LogP) is 3.47. The molecule has 3 rings (SSSR count). The lowest BCUT2D eigenvalue weighted by molar-refractivity contribution is 0.0750. The number of hydrogen-bond donors (Lipinski definition) is 1. The van der Waals surface area contributed by atoms with Crippen LogP contribution in [0.3, 0.4) is 0 Å². The fraction of sp³-hybridized carbons (Fsp3) is 0.421. The number of amides is 1. The highest BCUT2D eigenvalue weighted by Crippen LogP contribution is 2.31. The second-order valence-electron chi connectivity index (χ2n) is 6.89. The molecule has 7 heteroatoms. The fourth-order valence-corrected chi connectivity index (χ4v) is 3.65. The molecule has 2 N–H and O–H groups in total. The molecule has 3 aromatic heterocycles. The van der Waals surface area contributed by atoms with Crippen molar-refractivity contribution in [1.29, 1.82) is 0 Å². The summed E-state index contributed by atoms with van der Waals surface area (Å²) in [5, 5.41) is 5.24. The third-order valence-electron chi connectivity index (χ3n) is 4.60. The molecule has 1 amide bonds. The zero-order valence-electron chi connectivity index (χ0n) is 15.9. The molecule has 0 saturated carbocycles. The molecule has 0 fully saturated rings. The molecule has 3 aromatic rings. The number of fused-ring (bicyclic) bond motifs is 1. The number of nitrogens with two attached hydrogens (primary N) is 1. The highest BCUT2D eigenvalue weighted by atomic mass is 32.1. The van der Waals surface area contributed by atoms with Crippen LogP contribution >= 0.6 is 11.3 Å². The second-order valence-corrected chi connectivity index (χ2v) is 8.17. The van der Waals surface area contributed by atoms with Crippen LogP contribution in [-0.4, -0.2) is 45.2 Å². The highest BCUT2D eigenvalue weighted by molar-refractivity contribution is 7.15. The van der Waals surface area contributed by atoms with Crippen LogP contribution in [0, 0.1) is 6.92 Å². The number of aromatic nitrogens is 3. The van der Waals surface area contributed by atoms with Gasteiger partial charge in [0.1, 0.15) is 0 Å². The predicted molar refractivity (Wildman–Crippen MR) is 107 cm³/mol. The first-order chi connectivity index (χ1) is 12.3. The monoisotopic (exact) mass is 371 g/mol. The van der Waals surface area contributed by atoms with Crippen molar-refractivity contribution in [3.8, 4) is 10.6 Å².